The molecule has 1 aromatic carbocycles. The normalized spacial score (nSPS) is 21.6. The Labute approximate surface area is 124 Å². The molecule has 1 heterocycles. The van der Waals surface area contributed by atoms with E-state index in [9.17, 15) is 4.39 Å². The average molecular weight is 292 g/mol. The van der Waals surface area contributed by atoms with Crippen LogP contribution in [-0.4, -0.2) is 17.5 Å². The van der Waals surface area contributed by atoms with Crippen molar-refractivity contribution in [2.45, 2.75) is 39.0 Å². The Hall–Kier alpha value is -1.03. The minimum Gasteiger partial charge on any atom is -0.333 e. The van der Waals surface area contributed by atoms with Gasteiger partial charge in [0.1, 0.15) is 5.82 Å². The molecule has 2 nitrogen and oxygen atoms in total. The Kier molecular flexibility index (Phi) is 4.01. The SMILES string of the molecule is Cc1ccc(NC2=NCC3(CCCCC3)CS2)c(F)c1. The quantitative estimate of drug-likeness (QED) is 0.818. The number of benzene rings is 1. The number of nitrogens with one attached hydrogen (secondary N) is 1. The summed E-state index contributed by atoms with van der Waals surface area (Å²) in [6.07, 6.45) is 6.65. The summed E-state index contributed by atoms with van der Waals surface area (Å²) in [6, 6.07) is 5.26. The fraction of sp³-hybridized carbons (Fsp3) is 0.562. The predicted octanol–water partition coefficient (Wildman–Crippen LogP) is 4.60. The molecule has 20 heavy (non-hydrogen) atoms. The molecule has 4 heteroatoms. The summed E-state index contributed by atoms with van der Waals surface area (Å²) >= 11 is 1.75. The van der Waals surface area contributed by atoms with E-state index in [0.717, 1.165) is 23.0 Å². The summed E-state index contributed by atoms with van der Waals surface area (Å²) in [5.41, 5.74) is 1.88. The second-order valence-electron chi connectivity index (χ2n) is 6.08. The Bertz CT molecular complexity index is 521. The first-order chi connectivity index (χ1) is 9.67. The van der Waals surface area contributed by atoms with Crippen LogP contribution < -0.4 is 5.32 Å². The molecule has 0 amide bonds. The largest absolute Gasteiger partial charge is 0.333 e. The van der Waals surface area contributed by atoms with Gasteiger partial charge >= 0.3 is 0 Å². The second kappa shape index (κ2) is 5.76. The van der Waals surface area contributed by atoms with E-state index >= 15 is 0 Å². The maximum absolute atomic E-state index is 13.8. The van der Waals surface area contributed by atoms with Gasteiger partial charge in [0.05, 0.1) is 5.69 Å². The number of hydrogen-bond acceptors (Lipinski definition) is 3. The highest BCUT2D eigenvalue weighted by molar-refractivity contribution is 8.14. The molecule has 1 aliphatic heterocycles. The van der Waals surface area contributed by atoms with E-state index in [0.29, 0.717) is 11.1 Å². The van der Waals surface area contributed by atoms with Crippen molar-refractivity contribution in [3.63, 3.8) is 0 Å². The number of aryl methyl sites for hydroxylation is 1. The van der Waals surface area contributed by atoms with Crippen LogP contribution in [0.1, 0.15) is 37.7 Å². The molecule has 1 spiro atoms. The molecule has 0 radical (unpaired) electrons. The van der Waals surface area contributed by atoms with Gasteiger partial charge in [0, 0.05) is 12.3 Å². The lowest BCUT2D eigenvalue weighted by Gasteiger charge is -2.38. The third-order valence-corrected chi connectivity index (χ3v) is 5.61. The summed E-state index contributed by atoms with van der Waals surface area (Å²) in [7, 11) is 0. The van der Waals surface area contributed by atoms with Gasteiger partial charge in [-0.3, -0.25) is 4.99 Å². The zero-order valence-corrected chi connectivity index (χ0v) is 12.7. The molecule has 1 aromatic rings. The van der Waals surface area contributed by atoms with Crippen LogP contribution in [0.3, 0.4) is 0 Å². The molecule has 0 saturated heterocycles. The highest BCUT2D eigenvalue weighted by Crippen LogP contribution is 2.42. The number of thioether (sulfide) groups is 1. The number of halogens is 1. The first-order valence-electron chi connectivity index (χ1n) is 7.37. The highest BCUT2D eigenvalue weighted by atomic mass is 32.2. The number of anilines is 1. The van der Waals surface area contributed by atoms with E-state index in [-0.39, 0.29) is 5.82 Å². The van der Waals surface area contributed by atoms with E-state index < -0.39 is 0 Å². The Morgan fingerprint density at radius 2 is 2.05 bits per heavy atom. The van der Waals surface area contributed by atoms with E-state index in [1.807, 2.05) is 13.0 Å². The Morgan fingerprint density at radius 1 is 1.25 bits per heavy atom. The first kappa shape index (κ1) is 13.9. The van der Waals surface area contributed by atoms with E-state index in [4.69, 9.17) is 0 Å². The van der Waals surface area contributed by atoms with Gasteiger partial charge in [-0.25, -0.2) is 4.39 Å². The number of nitrogens with zero attached hydrogens (tertiary/aromatic N) is 1. The second-order valence-corrected chi connectivity index (χ2v) is 7.04. The molecule has 108 valence electrons. The summed E-state index contributed by atoms with van der Waals surface area (Å²) in [6.45, 7) is 2.79. The predicted molar refractivity (Wildman–Crippen MR) is 85.0 cm³/mol. The minimum atomic E-state index is -0.203. The van der Waals surface area contributed by atoms with Crippen molar-refractivity contribution < 1.29 is 4.39 Å². The Balaban J connectivity index is 1.67. The lowest BCUT2D eigenvalue weighted by atomic mass is 9.75. The van der Waals surface area contributed by atoms with Crippen LogP contribution in [0.4, 0.5) is 10.1 Å². The molecular formula is C16H21FN2S. The molecule has 0 aromatic heterocycles. The molecule has 0 unspecified atom stereocenters. The molecule has 0 bridgehead atoms. The fourth-order valence-corrected chi connectivity index (χ4v) is 4.23. The van der Waals surface area contributed by atoms with Crippen LogP contribution in [-0.2, 0) is 0 Å². The number of amidine groups is 1. The van der Waals surface area contributed by atoms with Crippen LogP contribution in [0.2, 0.25) is 0 Å². The fourth-order valence-electron chi connectivity index (χ4n) is 3.07. The molecule has 1 saturated carbocycles. The van der Waals surface area contributed by atoms with E-state index in [1.165, 1.54) is 32.1 Å². The zero-order valence-electron chi connectivity index (χ0n) is 11.9. The summed E-state index contributed by atoms with van der Waals surface area (Å²) in [5, 5.41) is 4.00. The van der Waals surface area contributed by atoms with Gasteiger partial charge in [-0.15, -0.1) is 0 Å². The molecular weight excluding hydrogens is 271 g/mol. The third-order valence-electron chi connectivity index (χ3n) is 4.35. The van der Waals surface area contributed by atoms with E-state index in [2.05, 4.69) is 10.3 Å². The molecule has 1 N–H and O–H groups in total. The van der Waals surface area contributed by atoms with Crippen molar-refractivity contribution >= 4 is 22.6 Å². The highest BCUT2D eigenvalue weighted by Gasteiger charge is 2.34. The molecule has 1 fully saturated rings. The van der Waals surface area contributed by atoms with Crippen molar-refractivity contribution in [1.82, 2.24) is 0 Å². The van der Waals surface area contributed by atoms with E-state index in [1.54, 1.807) is 23.9 Å². The van der Waals surface area contributed by atoms with Gasteiger partial charge in [0.15, 0.2) is 5.17 Å². The minimum absolute atomic E-state index is 0.203. The number of rotatable bonds is 1. The van der Waals surface area contributed by atoms with Crippen molar-refractivity contribution in [2.75, 3.05) is 17.6 Å². The molecule has 3 rings (SSSR count). The standard InChI is InChI=1S/C16H21FN2S/c1-12-5-6-14(13(17)9-12)19-15-18-10-16(11-20-15)7-3-2-4-8-16/h5-6,9H,2-4,7-8,10-11H2,1H3,(H,18,19). The van der Waals surface area contributed by atoms with Crippen molar-refractivity contribution in [3.8, 4) is 0 Å². The van der Waals surface area contributed by atoms with Gasteiger partial charge in [0.2, 0.25) is 0 Å². The van der Waals surface area contributed by atoms with Gasteiger partial charge in [0.25, 0.3) is 0 Å². The van der Waals surface area contributed by atoms with Crippen LogP contribution in [0, 0.1) is 18.2 Å². The number of hydrogen-bond donors (Lipinski definition) is 1. The average Bonchev–Trinajstić information content (AvgIpc) is 2.45. The third kappa shape index (κ3) is 3.00. The zero-order chi connectivity index (χ0) is 14.0. The molecule has 0 atom stereocenters. The first-order valence-corrected chi connectivity index (χ1v) is 8.36. The van der Waals surface area contributed by atoms with Crippen LogP contribution >= 0.6 is 11.8 Å². The maximum Gasteiger partial charge on any atom is 0.161 e. The topological polar surface area (TPSA) is 24.4 Å². The smallest absolute Gasteiger partial charge is 0.161 e. The molecule has 1 aliphatic carbocycles. The summed E-state index contributed by atoms with van der Waals surface area (Å²) in [5.74, 6) is 0.915. The Morgan fingerprint density at radius 3 is 2.70 bits per heavy atom. The van der Waals surface area contributed by atoms with Crippen molar-refractivity contribution in [3.05, 3.63) is 29.6 Å². The van der Waals surface area contributed by atoms with Gasteiger partial charge < -0.3 is 5.32 Å². The monoisotopic (exact) mass is 292 g/mol. The summed E-state index contributed by atoms with van der Waals surface area (Å²) in [4.78, 5) is 4.67. The van der Waals surface area contributed by atoms with Crippen LogP contribution in [0.15, 0.2) is 23.2 Å². The van der Waals surface area contributed by atoms with Gasteiger partial charge in [-0.05, 0) is 42.9 Å². The summed E-state index contributed by atoms with van der Waals surface area (Å²) < 4.78 is 13.8. The lowest BCUT2D eigenvalue weighted by Crippen LogP contribution is -2.35. The van der Waals surface area contributed by atoms with Crippen molar-refractivity contribution in [1.29, 1.82) is 0 Å². The molecule has 2 aliphatic rings. The maximum atomic E-state index is 13.8. The lowest BCUT2D eigenvalue weighted by molar-refractivity contribution is 0.232. The van der Waals surface area contributed by atoms with Crippen LogP contribution in [0.5, 0.6) is 0 Å². The van der Waals surface area contributed by atoms with Crippen molar-refractivity contribution in [2.24, 2.45) is 10.4 Å². The van der Waals surface area contributed by atoms with Crippen LogP contribution in [0.25, 0.3) is 0 Å². The number of aliphatic imine (C=N–C) groups is 1. The van der Waals surface area contributed by atoms with Gasteiger partial charge in [-0.1, -0.05) is 37.1 Å². The van der Waals surface area contributed by atoms with Gasteiger partial charge in [-0.2, -0.15) is 0 Å².